The molecule has 1 unspecified atom stereocenters. The van der Waals surface area contributed by atoms with Gasteiger partial charge < -0.3 is 5.11 Å². The number of aromatic nitrogens is 2. The summed E-state index contributed by atoms with van der Waals surface area (Å²) in [4.78, 5) is 16.6. The van der Waals surface area contributed by atoms with E-state index >= 15 is 0 Å². The van der Waals surface area contributed by atoms with Crippen LogP contribution in [0.5, 0.6) is 0 Å². The number of fused-ring (bicyclic) bond motifs is 1. The number of aliphatic hydroxyl groups is 1. The van der Waals surface area contributed by atoms with Gasteiger partial charge in [-0.25, -0.2) is 4.98 Å². The molecule has 2 rings (SSSR count). The fraction of sp³-hybridized carbons (Fsp3) is 0.385. The van der Waals surface area contributed by atoms with Crippen molar-refractivity contribution in [3.05, 3.63) is 40.4 Å². The van der Waals surface area contributed by atoms with Crippen molar-refractivity contribution in [3.8, 4) is 0 Å². The third kappa shape index (κ3) is 2.22. The van der Waals surface area contributed by atoms with Crippen LogP contribution in [0, 0.1) is 6.92 Å². The fourth-order valence-corrected chi connectivity index (χ4v) is 1.83. The topological polar surface area (TPSA) is 55.1 Å². The largest absolute Gasteiger partial charge is 0.391 e. The Morgan fingerprint density at radius 3 is 2.82 bits per heavy atom. The van der Waals surface area contributed by atoms with Gasteiger partial charge in [-0.15, -0.1) is 0 Å². The van der Waals surface area contributed by atoms with Gasteiger partial charge in [-0.3, -0.25) is 9.36 Å². The summed E-state index contributed by atoms with van der Waals surface area (Å²) in [6.07, 6.45) is 0.118. The molecular formula is C13H16N2O2. The number of nitrogens with zero attached hydrogens (tertiary/aromatic N) is 2. The lowest BCUT2D eigenvalue weighted by atomic mass is 10.2. The summed E-state index contributed by atoms with van der Waals surface area (Å²) in [6.45, 7) is 3.98. The van der Waals surface area contributed by atoms with Gasteiger partial charge in [-0.05, 0) is 25.5 Å². The minimum atomic E-state index is -0.505. The lowest BCUT2D eigenvalue weighted by molar-refractivity contribution is 0.147. The third-order valence-corrected chi connectivity index (χ3v) is 2.92. The monoisotopic (exact) mass is 232 g/mol. The molecule has 4 nitrogen and oxygen atoms in total. The Labute approximate surface area is 99.5 Å². The molecule has 0 aliphatic heterocycles. The molecule has 17 heavy (non-hydrogen) atoms. The zero-order valence-electron chi connectivity index (χ0n) is 10.1. The summed E-state index contributed by atoms with van der Waals surface area (Å²) in [6, 6.07) is 7.27. The second-order valence-electron chi connectivity index (χ2n) is 4.15. The van der Waals surface area contributed by atoms with Gasteiger partial charge in [0.05, 0.1) is 23.6 Å². The molecule has 1 atom stereocenters. The molecule has 2 aromatic rings. The van der Waals surface area contributed by atoms with Crippen LogP contribution in [0.2, 0.25) is 0 Å². The molecule has 0 bridgehead atoms. The van der Waals surface area contributed by atoms with Crippen molar-refractivity contribution in [1.29, 1.82) is 0 Å². The van der Waals surface area contributed by atoms with Crippen molar-refractivity contribution in [3.63, 3.8) is 0 Å². The van der Waals surface area contributed by atoms with E-state index in [1.807, 2.05) is 25.1 Å². The van der Waals surface area contributed by atoms with E-state index in [1.54, 1.807) is 13.0 Å². The number of hydrogen-bond donors (Lipinski definition) is 1. The van der Waals surface area contributed by atoms with Crippen LogP contribution < -0.4 is 5.56 Å². The molecular weight excluding hydrogens is 216 g/mol. The Morgan fingerprint density at radius 2 is 2.12 bits per heavy atom. The van der Waals surface area contributed by atoms with Gasteiger partial charge in [0.15, 0.2) is 0 Å². The van der Waals surface area contributed by atoms with E-state index in [4.69, 9.17) is 0 Å². The lowest BCUT2D eigenvalue weighted by Gasteiger charge is -2.13. The average molecular weight is 232 g/mol. The van der Waals surface area contributed by atoms with Crippen LogP contribution >= 0.6 is 0 Å². The number of aryl methyl sites for hydroxylation is 1. The van der Waals surface area contributed by atoms with E-state index in [-0.39, 0.29) is 5.56 Å². The highest BCUT2D eigenvalue weighted by Gasteiger charge is 2.10. The van der Waals surface area contributed by atoms with Gasteiger partial charge >= 0.3 is 0 Å². The standard InChI is InChI=1S/C13H16N2O2/c1-3-10(16)8-15-9(2)14-12-7-5-4-6-11(12)13(15)17/h4-7,10,16H,3,8H2,1-2H3. The van der Waals surface area contributed by atoms with Crippen molar-refractivity contribution in [2.75, 3.05) is 0 Å². The molecule has 0 spiro atoms. The second kappa shape index (κ2) is 4.67. The molecule has 0 saturated heterocycles. The van der Waals surface area contributed by atoms with Crippen molar-refractivity contribution in [2.24, 2.45) is 0 Å². The summed E-state index contributed by atoms with van der Waals surface area (Å²) in [5, 5.41) is 10.2. The molecule has 90 valence electrons. The predicted octanol–water partition coefficient (Wildman–Crippen LogP) is 1.48. The molecule has 1 aromatic carbocycles. The second-order valence-corrected chi connectivity index (χ2v) is 4.15. The van der Waals surface area contributed by atoms with Crippen molar-refractivity contribution < 1.29 is 5.11 Å². The third-order valence-electron chi connectivity index (χ3n) is 2.92. The number of benzene rings is 1. The Morgan fingerprint density at radius 1 is 1.41 bits per heavy atom. The van der Waals surface area contributed by atoms with Crippen LogP contribution in [0.3, 0.4) is 0 Å². The first-order chi connectivity index (χ1) is 8.13. The van der Waals surface area contributed by atoms with E-state index in [0.717, 1.165) is 0 Å². The minimum absolute atomic E-state index is 0.0828. The smallest absolute Gasteiger partial charge is 0.261 e. The highest BCUT2D eigenvalue weighted by molar-refractivity contribution is 5.77. The molecule has 0 aliphatic carbocycles. The lowest BCUT2D eigenvalue weighted by Crippen LogP contribution is -2.29. The van der Waals surface area contributed by atoms with Gasteiger partial charge in [0.1, 0.15) is 5.82 Å². The Kier molecular flexibility index (Phi) is 3.24. The number of para-hydroxylation sites is 1. The number of hydrogen-bond acceptors (Lipinski definition) is 3. The molecule has 1 heterocycles. The normalized spacial score (nSPS) is 12.9. The molecule has 0 aliphatic rings. The maximum Gasteiger partial charge on any atom is 0.261 e. The maximum atomic E-state index is 12.2. The van der Waals surface area contributed by atoms with E-state index in [0.29, 0.717) is 29.7 Å². The summed E-state index contributed by atoms with van der Waals surface area (Å²) in [7, 11) is 0. The summed E-state index contributed by atoms with van der Waals surface area (Å²) in [5.74, 6) is 0.640. The Balaban J connectivity index is 2.60. The molecule has 0 saturated carbocycles. The summed E-state index contributed by atoms with van der Waals surface area (Å²) in [5.41, 5.74) is 0.623. The molecule has 1 aromatic heterocycles. The quantitative estimate of drug-likeness (QED) is 0.872. The van der Waals surface area contributed by atoms with Crippen LogP contribution in [0.15, 0.2) is 29.1 Å². The maximum absolute atomic E-state index is 12.2. The molecule has 1 N–H and O–H groups in total. The van der Waals surface area contributed by atoms with Gasteiger partial charge in [-0.2, -0.15) is 0 Å². The van der Waals surface area contributed by atoms with Crippen LogP contribution in [0.4, 0.5) is 0 Å². The fourth-order valence-electron chi connectivity index (χ4n) is 1.83. The average Bonchev–Trinajstić information content (AvgIpc) is 2.34. The van der Waals surface area contributed by atoms with Crippen LogP contribution in [-0.4, -0.2) is 20.8 Å². The Bertz CT molecular complexity index is 589. The molecule has 0 fully saturated rings. The first-order valence-corrected chi connectivity index (χ1v) is 5.77. The molecule has 0 amide bonds. The van der Waals surface area contributed by atoms with Crippen molar-refractivity contribution in [2.45, 2.75) is 32.9 Å². The zero-order chi connectivity index (χ0) is 12.4. The van der Waals surface area contributed by atoms with Crippen molar-refractivity contribution in [1.82, 2.24) is 9.55 Å². The van der Waals surface area contributed by atoms with Crippen LogP contribution in [-0.2, 0) is 6.54 Å². The van der Waals surface area contributed by atoms with E-state index in [9.17, 15) is 9.90 Å². The van der Waals surface area contributed by atoms with Crippen LogP contribution in [0.1, 0.15) is 19.2 Å². The van der Waals surface area contributed by atoms with Gasteiger partial charge in [0, 0.05) is 0 Å². The first-order valence-electron chi connectivity index (χ1n) is 5.77. The zero-order valence-corrected chi connectivity index (χ0v) is 10.1. The van der Waals surface area contributed by atoms with E-state index in [2.05, 4.69) is 4.98 Å². The highest BCUT2D eigenvalue weighted by atomic mass is 16.3. The van der Waals surface area contributed by atoms with E-state index in [1.165, 1.54) is 4.57 Å². The van der Waals surface area contributed by atoms with Gasteiger partial charge in [0.2, 0.25) is 0 Å². The summed E-state index contributed by atoms with van der Waals surface area (Å²) < 4.78 is 1.54. The van der Waals surface area contributed by atoms with E-state index < -0.39 is 6.10 Å². The summed E-state index contributed by atoms with van der Waals surface area (Å²) >= 11 is 0. The van der Waals surface area contributed by atoms with Gasteiger partial charge in [-0.1, -0.05) is 19.1 Å². The Hall–Kier alpha value is -1.68. The SMILES string of the molecule is CCC(O)Cn1c(C)nc2ccccc2c1=O. The van der Waals surface area contributed by atoms with Crippen molar-refractivity contribution >= 4 is 10.9 Å². The first kappa shape index (κ1) is 11.8. The molecule has 4 heteroatoms. The van der Waals surface area contributed by atoms with Gasteiger partial charge in [0.25, 0.3) is 5.56 Å². The minimum Gasteiger partial charge on any atom is -0.391 e. The molecule has 0 radical (unpaired) electrons. The van der Waals surface area contributed by atoms with Crippen LogP contribution in [0.25, 0.3) is 10.9 Å². The number of aliphatic hydroxyl groups excluding tert-OH is 1. The number of rotatable bonds is 3. The predicted molar refractivity (Wildman–Crippen MR) is 67.0 cm³/mol. The highest BCUT2D eigenvalue weighted by Crippen LogP contribution is 2.08.